The molecule has 0 radical (unpaired) electrons. The first kappa shape index (κ1) is 21.5. The third kappa shape index (κ3) is 5.04. The maximum absolute atomic E-state index is 11.0. The number of carbonyl (C=O) groups is 1. The molecule has 1 heterocycles. The number of benzene rings is 2. The van der Waals surface area contributed by atoms with Gasteiger partial charge in [-0.15, -0.1) is 0 Å². The maximum atomic E-state index is 11.0. The second kappa shape index (κ2) is 8.67. The van der Waals surface area contributed by atoms with Crippen molar-refractivity contribution < 1.29 is 19.2 Å². The molecule has 1 N–H and O–H groups in total. The van der Waals surface area contributed by atoms with Crippen LogP contribution >= 0.6 is 0 Å². The Labute approximate surface area is 176 Å². The Morgan fingerprint density at radius 3 is 2.37 bits per heavy atom. The van der Waals surface area contributed by atoms with E-state index in [0.717, 1.165) is 23.4 Å². The van der Waals surface area contributed by atoms with Gasteiger partial charge in [-0.25, -0.2) is 4.79 Å². The lowest BCUT2D eigenvalue weighted by Gasteiger charge is -2.24. The summed E-state index contributed by atoms with van der Waals surface area (Å²) in [5, 5.41) is 13.1. The summed E-state index contributed by atoms with van der Waals surface area (Å²) >= 11 is 0. The van der Waals surface area contributed by atoms with Crippen molar-refractivity contribution in [2.45, 2.75) is 26.2 Å². The minimum absolute atomic E-state index is 0.122. The molecule has 0 bridgehead atoms. The van der Waals surface area contributed by atoms with Gasteiger partial charge in [0.2, 0.25) is 5.82 Å². The van der Waals surface area contributed by atoms with Crippen molar-refractivity contribution in [2.24, 2.45) is 0 Å². The van der Waals surface area contributed by atoms with Crippen molar-refractivity contribution in [1.29, 1.82) is 0 Å². The van der Waals surface area contributed by atoms with Crippen molar-refractivity contribution in [2.75, 3.05) is 27.2 Å². The largest absolute Gasteiger partial charge is 0.492 e. The topological polar surface area (TPSA) is 88.7 Å². The molecule has 0 atom stereocenters. The normalized spacial score (nSPS) is 11.7. The molecular formula is C23H27N3O4. The Hall–Kier alpha value is -3.19. The Morgan fingerprint density at radius 2 is 1.77 bits per heavy atom. The highest BCUT2D eigenvalue weighted by Crippen LogP contribution is 2.35. The third-order valence-electron chi connectivity index (χ3n) is 4.65. The molecule has 1 aromatic heterocycles. The highest BCUT2D eigenvalue weighted by Gasteiger charge is 2.21. The van der Waals surface area contributed by atoms with E-state index in [1.807, 2.05) is 32.3 Å². The molecular weight excluding hydrogens is 382 g/mol. The van der Waals surface area contributed by atoms with E-state index in [0.29, 0.717) is 23.9 Å². The van der Waals surface area contributed by atoms with Crippen LogP contribution < -0.4 is 4.74 Å². The van der Waals surface area contributed by atoms with Gasteiger partial charge in [0.25, 0.3) is 5.89 Å². The molecule has 0 saturated heterocycles. The fourth-order valence-corrected chi connectivity index (χ4v) is 2.93. The molecule has 3 aromatic rings. The van der Waals surface area contributed by atoms with Gasteiger partial charge < -0.3 is 19.3 Å². The van der Waals surface area contributed by atoms with Crippen molar-refractivity contribution >= 4 is 5.97 Å². The minimum atomic E-state index is -0.977. The third-order valence-corrected chi connectivity index (χ3v) is 4.65. The number of likely N-dealkylation sites (N-methyl/N-ethyl adjacent to an activating group) is 1. The van der Waals surface area contributed by atoms with E-state index in [9.17, 15) is 4.79 Å². The maximum Gasteiger partial charge on any atom is 0.335 e. The molecule has 0 aliphatic rings. The second-order valence-electron chi connectivity index (χ2n) is 8.42. The van der Waals surface area contributed by atoms with Crippen molar-refractivity contribution in [1.82, 2.24) is 15.0 Å². The van der Waals surface area contributed by atoms with Crippen molar-refractivity contribution in [3.05, 3.63) is 53.6 Å². The number of ether oxygens (including phenoxy) is 1. The van der Waals surface area contributed by atoms with E-state index < -0.39 is 5.97 Å². The number of hydrogen-bond acceptors (Lipinski definition) is 6. The molecule has 0 amide bonds. The lowest BCUT2D eigenvalue weighted by atomic mass is 9.85. The number of aromatic carboxylic acids is 1. The average Bonchev–Trinajstić information content (AvgIpc) is 3.17. The van der Waals surface area contributed by atoms with Crippen LogP contribution in [-0.2, 0) is 5.41 Å². The molecule has 158 valence electrons. The van der Waals surface area contributed by atoms with Crippen LogP contribution in [0.15, 0.2) is 47.0 Å². The van der Waals surface area contributed by atoms with Gasteiger partial charge in [-0.1, -0.05) is 25.9 Å². The van der Waals surface area contributed by atoms with E-state index in [-0.39, 0.29) is 11.0 Å². The summed E-state index contributed by atoms with van der Waals surface area (Å²) in [6.07, 6.45) is 0. The van der Waals surface area contributed by atoms with Gasteiger partial charge in [-0.05, 0) is 62.0 Å². The predicted molar refractivity (Wildman–Crippen MR) is 115 cm³/mol. The Morgan fingerprint density at radius 1 is 1.10 bits per heavy atom. The first-order chi connectivity index (χ1) is 14.1. The van der Waals surface area contributed by atoms with Gasteiger partial charge in [0.15, 0.2) is 0 Å². The van der Waals surface area contributed by atoms with E-state index in [2.05, 4.69) is 35.8 Å². The molecule has 0 unspecified atom stereocenters. The summed E-state index contributed by atoms with van der Waals surface area (Å²) in [6.45, 7) is 7.85. The molecule has 7 nitrogen and oxygen atoms in total. The molecule has 0 aliphatic carbocycles. The molecule has 30 heavy (non-hydrogen) atoms. The summed E-state index contributed by atoms with van der Waals surface area (Å²) in [4.78, 5) is 17.6. The lowest BCUT2D eigenvalue weighted by molar-refractivity contribution is 0.0697. The zero-order valence-electron chi connectivity index (χ0n) is 18.0. The number of aromatic nitrogens is 2. The molecule has 7 heteroatoms. The van der Waals surface area contributed by atoms with Crippen LogP contribution in [0.5, 0.6) is 5.75 Å². The van der Waals surface area contributed by atoms with Crippen LogP contribution in [0.25, 0.3) is 22.8 Å². The molecule has 0 aliphatic heterocycles. The van der Waals surface area contributed by atoms with Crippen LogP contribution in [0.3, 0.4) is 0 Å². The van der Waals surface area contributed by atoms with Gasteiger partial charge in [-0.3, -0.25) is 0 Å². The van der Waals surface area contributed by atoms with Crippen molar-refractivity contribution in [3.63, 3.8) is 0 Å². The monoisotopic (exact) mass is 409 g/mol. The van der Waals surface area contributed by atoms with E-state index in [1.165, 1.54) is 12.1 Å². The van der Waals surface area contributed by atoms with Crippen LogP contribution in [0.1, 0.15) is 36.7 Å². The molecule has 0 saturated carbocycles. The van der Waals surface area contributed by atoms with Gasteiger partial charge >= 0.3 is 5.97 Å². The summed E-state index contributed by atoms with van der Waals surface area (Å²) < 4.78 is 11.4. The number of nitrogens with zero attached hydrogens (tertiary/aromatic N) is 3. The smallest absolute Gasteiger partial charge is 0.335 e. The SMILES string of the molecule is CN(C)CCOc1ccc(-c2noc(-c3ccc(C(=O)O)cc3)n2)cc1C(C)(C)C. The quantitative estimate of drug-likeness (QED) is 0.621. The molecule has 0 fully saturated rings. The summed E-state index contributed by atoms with van der Waals surface area (Å²) in [7, 11) is 4.03. The van der Waals surface area contributed by atoms with Crippen LogP contribution in [0.4, 0.5) is 0 Å². The van der Waals surface area contributed by atoms with E-state index in [4.69, 9.17) is 14.4 Å². The Kier molecular flexibility index (Phi) is 6.22. The first-order valence-corrected chi connectivity index (χ1v) is 9.75. The summed E-state index contributed by atoms with van der Waals surface area (Å²) in [6, 6.07) is 12.2. The van der Waals surface area contributed by atoms with E-state index in [1.54, 1.807) is 12.1 Å². The Bertz CT molecular complexity index is 1020. The zero-order valence-corrected chi connectivity index (χ0v) is 18.0. The van der Waals surface area contributed by atoms with Gasteiger partial charge in [0.1, 0.15) is 12.4 Å². The summed E-state index contributed by atoms with van der Waals surface area (Å²) in [5.41, 5.74) is 2.65. The second-order valence-corrected chi connectivity index (χ2v) is 8.42. The number of hydrogen-bond donors (Lipinski definition) is 1. The van der Waals surface area contributed by atoms with Crippen LogP contribution in [0, 0.1) is 0 Å². The number of carboxylic acids is 1. The van der Waals surface area contributed by atoms with E-state index >= 15 is 0 Å². The predicted octanol–water partition coefficient (Wildman–Crippen LogP) is 4.34. The standard InChI is InChI=1S/C23H27N3O4/c1-23(2,3)18-14-17(10-11-19(18)29-13-12-26(4)5)20-24-21(30-25-20)15-6-8-16(9-7-15)22(27)28/h6-11,14H,12-13H2,1-5H3,(H,27,28). The fraction of sp³-hybridized carbons (Fsp3) is 0.348. The molecule has 2 aromatic carbocycles. The minimum Gasteiger partial charge on any atom is -0.492 e. The van der Waals surface area contributed by atoms with Crippen LogP contribution in [0.2, 0.25) is 0 Å². The zero-order chi connectivity index (χ0) is 21.9. The Balaban J connectivity index is 1.88. The first-order valence-electron chi connectivity index (χ1n) is 9.75. The molecule has 0 spiro atoms. The highest BCUT2D eigenvalue weighted by atomic mass is 16.5. The fourth-order valence-electron chi connectivity index (χ4n) is 2.93. The summed E-state index contributed by atoms with van der Waals surface area (Å²) in [5.74, 6) is 0.680. The van der Waals surface area contributed by atoms with Gasteiger partial charge in [0.05, 0.1) is 5.56 Å². The average molecular weight is 409 g/mol. The highest BCUT2D eigenvalue weighted by molar-refractivity contribution is 5.88. The molecule has 3 rings (SSSR count). The number of carboxylic acid groups (broad SMARTS) is 1. The van der Waals surface area contributed by atoms with Crippen LogP contribution in [-0.4, -0.2) is 53.4 Å². The van der Waals surface area contributed by atoms with Crippen molar-refractivity contribution in [3.8, 4) is 28.6 Å². The number of rotatable bonds is 7. The lowest BCUT2D eigenvalue weighted by Crippen LogP contribution is -2.21. The van der Waals surface area contributed by atoms with Gasteiger partial charge in [-0.2, -0.15) is 4.98 Å². The van der Waals surface area contributed by atoms with Gasteiger partial charge in [0, 0.05) is 23.2 Å².